The number of fused-ring (bicyclic) bond motifs is 1. The Hall–Kier alpha value is -3.59. The molecule has 4 rings (SSSR count). The lowest BCUT2D eigenvalue weighted by Crippen LogP contribution is -2.41. The Kier molecular flexibility index (Phi) is 6.74. The van der Waals surface area contributed by atoms with Gasteiger partial charge in [-0.1, -0.05) is 23.8 Å². The number of anilines is 1. The van der Waals surface area contributed by atoms with E-state index in [1.807, 2.05) is 13.0 Å². The van der Waals surface area contributed by atoms with Crippen molar-refractivity contribution in [1.29, 1.82) is 0 Å². The van der Waals surface area contributed by atoms with Crippen LogP contribution in [0.15, 0.2) is 71.6 Å². The van der Waals surface area contributed by atoms with E-state index in [-0.39, 0.29) is 10.6 Å². The van der Waals surface area contributed by atoms with Gasteiger partial charge < -0.3 is 14.8 Å². The molecule has 1 amide bonds. The summed E-state index contributed by atoms with van der Waals surface area (Å²) in [5, 5.41) is 2.83. The second-order valence-electron chi connectivity index (χ2n) is 7.99. The fourth-order valence-corrected chi connectivity index (χ4v) is 5.01. The van der Waals surface area contributed by atoms with Gasteiger partial charge in [0.25, 0.3) is 10.0 Å². The summed E-state index contributed by atoms with van der Waals surface area (Å²) in [4.78, 5) is 13.0. The minimum Gasteiger partial charge on any atom is -0.486 e. The van der Waals surface area contributed by atoms with Gasteiger partial charge in [-0.2, -0.15) is 0 Å². The first kappa shape index (κ1) is 23.6. The van der Waals surface area contributed by atoms with Gasteiger partial charge in [0, 0.05) is 0 Å². The number of amides is 1. The molecular formula is C25H25FN2O5S. The smallest absolute Gasteiger partial charge is 0.264 e. The number of benzene rings is 3. The van der Waals surface area contributed by atoms with Crippen LogP contribution >= 0.6 is 0 Å². The van der Waals surface area contributed by atoms with E-state index in [2.05, 4.69) is 5.32 Å². The fourth-order valence-electron chi connectivity index (χ4n) is 3.59. The highest BCUT2D eigenvalue weighted by Crippen LogP contribution is 2.32. The van der Waals surface area contributed by atoms with Gasteiger partial charge in [-0.15, -0.1) is 0 Å². The summed E-state index contributed by atoms with van der Waals surface area (Å²) in [6, 6.07) is 16.3. The number of carbonyl (C=O) groups excluding carboxylic acids is 1. The van der Waals surface area contributed by atoms with Crippen LogP contribution in [0.3, 0.4) is 0 Å². The van der Waals surface area contributed by atoms with Gasteiger partial charge in [-0.25, -0.2) is 12.8 Å². The number of nitrogens with zero attached hydrogens (tertiary/aromatic N) is 1. The Labute approximate surface area is 198 Å². The number of hydrogen-bond donors (Lipinski definition) is 1. The molecule has 178 valence electrons. The molecule has 1 aliphatic heterocycles. The Morgan fingerprint density at radius 1 is 1.00 bits per heavy atom. The maximum atomic E-state index is 13.5. The van der Waals surface area contributed by atoms with Crippen molar-refractivity contribution < 1.29 is 27.1 Å². The third-order valence-electron chi connectivity index (χ3n) is 5.45. The van der Waals surface area contributed by atoms with Crippen molar-refractivity contribution >= 4 is 21.6 Å². The normalized spacial score (nSPS) is 13.7. The van der Waals surface area contributed by atoms with Gasteiger partial charge in [0.15, 0.2) is 11.5 Å². The van der Waals surface area contributed by atoms with Gasteiger partial charge in [0.2, 0.25) is 5.91 Å². The van der Waals surface area contributed by atoms with Gasteiger partial charge in [-0.3, -0.25) is 9.10 Å². The van der Waals surface area contributed by atoms with Crippen molar-refractivity contribution in [3.63, 3.8) is 0 Å². The molecule has 9 heteroatoms. The van der Waals surface area contributed by atoms with E-state index in [4.69, 9.17) is 9.47 Å². The molecule has 0 radical (unpaired) electrons. The summed E-state index contributed by atoms with van der Waals surface area (Å²) in [6.45, 7) is 4.09. The minimum atomic E-state index is -4.08. The van der Waals surface area contributed by atoms with Crippen LogP contribution in [-0.4, -0.2) is 34.1 Å². The SMILES string of the molecule is Cc1ccc(S(=O)(=O)N(CC(=O)NC(C)c2ccc3c(c2)OCCO3)c2ccc(F)cc2)cc1. The first-order valence-corrected chi connectivity index (χ1v) is 12.2. The van der Waals surface area contributed by atoms with Crippen LogP contribution < -0.4 is 19.1 Å². The summed E-state index contributed by atoms with van der Waals surface area (Å²) in [6.07, 6.45) is 0. The van der Waals surface area contributed by atoms with Crippen LogP contribution in [0.1, 0.15) is 24.1 Å². The number of rotatable bonds is 7. The van der Waals surface area contributed by atoms with Crippen LogP contribution in [0.5, 0.6) is 11.5 Å². The van der Waals surface area contributed by atoms with Crippen molar-refractivity contribution in [3.05, 3.63) is 83.7 Å². The number of nitrogens with one attached hydrogen (secondary N) is 1. The molecule has 34 heavy (non-hydrogen) atoms. The zero-order valence-corrected chi connectivity index (χ0v) is 19.6. The molecule has 1 atom stereocenters. The second kappa shape index (κ2) is 9.72. The predicted molar refractivity (Wildman–Crippen MR) is 126 cm³/mol. The molecule has 0 spiro atoms. The molecule has 0 saturated carbocycles. The minimum absolute atomic E-state index is 0.0371. The van der Waals surface area contributed by atoms with E-state index < -0.39 is 34.3 Å². The van der Waals surface area contributed by atoms with Crippen LogP contribution in [0, 0.1) is 12.7 Å². The molecule has 3 aromatic carbocycles. The van der Waals surface area contributed by atoms with E-state index in [1.165, 1.54) is 24.3 Å². The van der Waals surface area contributed by atoms with Crippen LogP contribution in [-0.2, 0) is 14.8 Å². The molecule has 7 nitrogen and oxygen atoms in total. The lowest BCUT2D eigenvalue weighted by atomic mass is 10.1. The van der Waals surface area contributed by atoms with Crippen LogP contribution in [0.25, 0.3) is 0 Å². The molecule has 1 unspecified atom stereocenters. The molecule has 1 N–H and O–H groups in total. The molecule has 1 heterocycles. The highest BCUT2D eigenvalue weighted by molar-refractivity contribution is 7.92. The number of halogens is 1. The zero-order valence-electron chi connectivity index (χ0n) is 18.8. The summed E-state index contributed by atoms with van der Waals surface area (Å²) in [7, 11) is -4.08. The Balaban J connectivity index is 1.56. The second-order valence-corrected chi connectivity index (χ2v) is 9.86. The average molecular weight is 485 g/mol. The van der Waals surface area contributed by atoms with Crippen molar-refractivity contribution in [2.24, 2.45) is 0 Å². The highest BCUT2D eigenvalue weighted by Gasteiger charge is 2.28. The Morgan fingerprint density at radius 3 is 2.32 bits per heavy atom. The molecule has 0 aromatic heterocycles. The maximum Gasteiger partial charge on any atom is 0.264 e. The molecule has 0 saturated heterocycles. The average Bonchev–Trinajstić information content (AvgIpc) is 2.83. The third-order valence-corrected chi connectivity index (χ3v) is 7.24. The van der Waals surface area contributed by atoms with E-state index in [0.717, 1.165) is 27.6 Å². The number of aryl methyl sites for hydroxylation is 1. The maximum absolute atomic E-state index is 13.5. The Morgan fingerprint density at radius 2 is 1.65 bits per heavy atom. The predicted octanol–water partition coefficient (Wildman–Crippen LogP) is 3.98. The van der Waals surface area contributed by atoms with E-state index >= 15 is 0 Å². The lowest BCUT2D eigenvalue weighted by Gasteiger charge is -2.25. The summed E-state index contributed by atoms with van der Waals surface area (Å²) in [5.74, 6) is 0.218. The summed E-state index contributed by atoms with van der Waals surface area (Å²) in [5.41, 5.74) is 1.87. The molecule has 0 aliphatic carbocycles. The zero-order chi connectivity index (χ0) is 24.3. The lowest BCUT2D eigenvalue weighted by molar-refractivity contribution is -0.120. The first-order chi connectivity index (χ1) is 16.2. The largest absolute Gasteiger partial charge is 0.486 e. The van der Waals surface area contributed by atoms with Crippen molar-refractivity contribution in [2.45, 2.75) is 24.8 Å². The van der Waals surface area contributed by atoms with Gasteiger partial charge in [0.1, 0.15) is 25.6 Å². The summed E-state index contributed by atoms with van der Waals surface area (Å²) >= 11 is 0. The Bertz CT molecular complexity index is 1280. The van der Waals surface area contributed by atoms with Crippen molar-refractivity contribution in [2.75, 3.05) is 24.1 Å². The highest BCUT2D eigenvalue weighted by atomic mass is 32.2. The monoisotopic (exact) mass is 484 g/mol. The first-order valence-electron chi connectivity index (χ1n) is 10.8. The number of carbonyl (C=O) groups is 1. The number of hydrogen-bond acceptors (Lipinski definition) is 5. The third kappa shape index (κ3) is 5.14. The molecule has 3 aromatic rings. The molecular weight excluding hydrogens is 459 g/mol. The van der Waals surface area contributed by atoms with Gasteiger partial charge in [0.05, 0.1) is 16.6 Å². The van der Waals surface area contributed by atoms with Crippen molar-refractivity contribution in [3.8, 4) is 11.5 Å². The fraction of sp³-hybridized carbons (Fsp3) is 0.240. The van der Waals surface area contributed by atoms with Gasteiger partial charge in [-0.05, 0) is 67.9 Å². The topological polar surface area (TPSA) is 84.9 Å². The van der Waals surface area contributed by atoms with E-state index in [9.17, 15) is 17.6 Å². The number of sulfonamides is 1. The molecule has 0 fully saturated rings. The van der Waals surface area contributed by atoms with E-state index in [1.54, 1.807) is 31.2 Å². The molecule has 1 aliphatic rings. The van der Waals surface area contributed by atoms with Crippen molar-refractivity contribution in [1.82, 2.24) is 5.32 Å². The van der Waals surface area contributed by atoms with E-state index in [0.29, 0.717) is 24.7 Å². The summed E-state index contributed by atoms with van der Waals surface area (Å²) < 4.78 is 52.4. The standard InChI is InChI=1S/C25H25FN2O5S/c1-17-3-10-22(11-4-17)34(30,31)28(21-8-6-20(26)7-9-21)16-25(29)27-18(2)19-5-12-23-24(15-19)33-14-13-32-23/h3-12,15,18H,13-14,16H2,1-2H3,(H,27,29). The van der Waals surface area contributed by atoms with Gasteiger partial charge >= 0.3 is 0 Å². The van der Waals surface area contributed by atoms with Crippen LogP contribution in [0.4, 0.5) is 10.1 Å². The van der Waals surface area contributed by atoms with Crippen LogP contribution in [0.2, 0.25) is 0 Å². The number of ether oxygens (including phenoxy) is 2. The molecule has 0 bridgehead atoms. The quantitative estimate of drug-likeness (QED) is 0.549.